The smallest absolute Gasteiger partial charge is 0.295 e. The summed E-state index contributed by atoms with van der Waals surface area (Å²) in [4.78, 5) is 10.7. The van der Waals surface area contributed by atoms with Crippen LogP contribution < -0.4 is 5.32 Å². The van der Waals surface area contributed by atoms with Crippen LogP contribution in [-0.4, -0.2) is 27.0 Å². The molecule has 0 aliphatic rings. The summed E-state index contributed by atoms with van der Waals surface area (Å²) in [5.74, 6) is 0. The fraction of sp³-hybridized carbons (Fsp3) is 0.333. The van der Waals surface area contributed by atoms with Gasteiger partial charge in [0, 0.05) is 12.6 Å². The van der Waals surface area contributed by atoms with Crippen LogP contribution in [0, 0.1) is 24.0 Å². The number of nitrogens with one attached hydrogen (secondary N) is 1. The quantitative estimate of drug-likeness (QED) is 0.666. The summed E-state index contributed by atoms with van der Waals surface area (Å²) in [6, 6.07) is 3.31. The molecule has 0 fully saturated rings. The van der Waals surface area contributed by atoms with E-state index in [4.69, 9.17) is 0 Å². The topological polar surface area (TPSA) is 85.9 Å². The Morgan fingerprint density at radius 2 is 2.05 bits per heavy atom. The van der Waals surface area contributed by atoms with Crippen molar-refractivity contribution < 1.29 is 4.92 Å². The second kappa shape index (κ2) is 5.15. The van der Waals surface area contributed by atoms with Crippen LogP contribution in [0.1, 0.15) is 16.8 Å². The molecule has 0 amide bonds. The average molecular weight is 261 g/mol. The number of benzene rings is 1. The van der Waals surface area contributed by atoms with Gasteiger partial charge in [0.15, 0.2) is 0 Å². The van der Waals surface area contributed by atoms with Gasteiger partial charge in [0.25, 0.3) is 5.69 Å². The summed E-state index contributed by atoms with van der Waals surface area (Å²) < 4.78 is 1.44. The zero-order valence-electron chi connectivity index (χ0n) is 11.0. The molecule has 7 nitrogen and oxygen atoms in total. The molecular formula is C12H15N5O2. The van der Waals surface area contributed by atoms with Crippen LogP contribution in [0.4, 0.5) is 5.69 Å². The molecule has 2 aromatic rings. The fourth-order valence-corrected chi connectivity index (χ4v) is 1.79. The third-order valence-corrected chi connectivity index (χ3v) is 2.93. The molecule has 7 heteroatoms. The molecule has 100 valence electrons. The van der Waals surface area contributed by atoms with Gasteiger partial charge in [-0.1, -0.05) is 5.21 Å². The zero-order valence-corrected chi connectivity index (χ0v) is 11.0. The summed E-state index contributed by atoms with van der Waals surface area (Å²) in [5.41, 5.74) is 3.05. The minimum Gasteiger partial charge on any atom is -0.314 e. The molecule has 19 heavy (non-hydrogen) atoms. The van der Waals surface area contributed by atoms with Crippen molar-refractivity contribution in [3.05, 3.63) is 45.3 Å². The third-order valence-electron chi connectivity index (χ3n) is 2.93. The first-order chi connectivity index (χ1) is 9.02. The van der Waals surface area contributed by atoms with Crippen LogP contribution in [0.5, 0.6) is 0 Å². The van der Waals surface area contributed by atoms with E-state index in [9.17, 15) is 10.1 Å². The number of rotatable bonds is 4. The number of nitrogens with zero attached hydrogens (tertiary/aromatic N) is 4. The Balaban J connectivity index is 2.53. The van der Waals surface area contributed by atoms with Crippen LogP contribution in [0.2, 0.25) is 0 Å². The second-order valence-electron chi connectivity index (χ2n) is 4.37. The van der Waals surface area contributed by atoms with Gasteiger partial charge in [-0.05, 0) is 38.1 Å². The Kier molecular flexibility index (Phi) is 3.57. The maximum atomic E-state index is 11.1. The average Bonchev–Trinajstić information content (AvgIpc) is 2.81. The molecule has 2 rings (SSSR count). The number of nitro groups is 1. The first kappa shape index (κ1) is 13.2. The molecular weight excluding hydrogens is 246 g/mol. The summed E-state index contributed by atoms with van der Waals surface area (Å²) in [6.07, 6.45) is 1.69. The number of aromatic nitrogens is 3. The monoisotopic (exact) mass is 261 g/mol. The van der Waals surface area contributed by atoms with E-state index in [2.05, 4.69) is 15.6 Å². The SMILES string of the molecule is CNCc1cn(-c2cc(C)c(C)cc2[N+](=O)[O-])nn1. The standard InChI is InChI=1S/C12H15N5O2/c1-8-4-11(12(17(18)19)5-9(8)2)16-7-10(6-13-3)14-15-16/h4-5,7,13H,6H2,1-3H3. The molecule has 1 N–H and O–H groups in total. The van der Waals surface area contributed by atoms with Gasteiger partial charge < -0.3 is 5.32 Å². The zero-order chi connectivity index (χ0) is 14.0. The molecule has 0 spiro atoms. The van der Waals surface area contributed by atoms with Crippen molar-refractivity contribution in [3.63, 3.8) is 0 Å². The van der Waals surface area contributed by atoms with Crippen molar-refractivity contribution in [2.24, 2.45) is 0 Å². The van der Waals surface area contributed by atoms with E-state index < -0.39 is 4.92 Å². The molecule has 0 unspecified atom stereocenters. The molecule has 0 saturated heterocycles. The van der Waals surface area contributed by atoms with Crippen molar-refractivity contribution in [2.75, 3.05) is 7.05 Å². The highest BCUT2D eigenvalue weighted by atomic mass is 16.6. The van der Waals surface area contributed by atoms with Gasteiger partial charge in [-0.15, -0.1) is 5.10 Å². The molecule has 0 bridgehead atoms. The Labute approximate surface area is 110 Å². The minimum atomic E-state index is -0.402. The van der Waals surface area contributed by atoms with E-state index in [0.29, 0.717) is 12.2 Å². The molecule has 0 atom stereocenters. The van der Waals surface area contributed by atoms with Crippen molar-refractivity contribution >= 4 is 5.69 Å². The first-order valence-electron chi connectivity index (χ1n) is 5.84. The Hall–Kier alpha value is -2.28. The van der Waals surface area contributed by atoms with Gasteiger partial charge in [-0.2, -0.15) is 0 Å². The Morgan fingerprint density at radius 1 is 1.37 bits per heavy atom. The second-order valence-corrected chi connectivity index (χ2v) is 4.37. The Morgan fingerprint density at radius 3 is 2.68 bits per heavy atom. The van der Waals surface area contributed by atoms with E-state index in [1.165, 1.54) is 4.68 Å². The number of nitro benzene ring substituents is 1. The van der Waals surface area contributed by atoms with Crippen LogP contribution in [-0.2, 0) is 6.54 Å². The van der Waals surface area contributed by atoms with E-state index in [1.807, 2.05) is 13.8 Å². The largest absolute Gasteiger partial charge is 0.314 e. The lowest BCUT2D eigenvalue weighted by Gasteiger charge is -2.06. The highest BCUT2D eigenvalue weighted by Gasteiger charge is 2.18. The van der Waals surface area contributed by atoms with Crippen LogP contribution >= 0.6 is 0 Å². The predicted molar refractivity (Wildman–Crippen MR) is 70.3 cm³/mol. The lowest BCUT2D eigenvalue weighted by atomic mass is 10.1. The van der Waals surface area contributed by atoms with Crippen LogP contribution in [0.3, 0.4) is 0 Å². The summed E-state index contributed by atoms with van der Waals surface area (Å²) in [6.45, 7) is 4.33. The molecule has 0 aliphatic heterocycles. The molecule has 0 radical (unpaired) electrons. The van der Waals surface area contributed by atoms with Crippen molar-refractivity contribution in [3.8, 4) is 5.69 Å². The van der Waals surface area contributed by atoms with Crippen LogP contribution in [0.15, 0.2) is 18.3 Å². The molecule has 0 aliphatic carbocycles. The maximum Gasteiger partial charge on any atom is 0.295 e. The van der Waals surface area contributed by atoms with E-state index in [-0.39, 0.29) is 5.69 Å². The normalized spacial score (nSPS) is 10.7. The summed E-state index contributed by atoms with van der Waals surface area (Å²) in [5, 5.41) is 22.0. The van der Waals surface area contributed by atoms with Gasteiger partial charge >= 0.3 is 0 Å². The Bertz CT molecular complexity index is 621. The van der Waals surface area contributed by atoms with E-state index >= 15 is 0 Å². The highest BCUT2D eigenvalue weighted by Crippen LogP contribution is 2.26. The molecule has 1 aromatic carbocycles. The maximum absolute atomic E-state index is 11.1. The van der Waals surface area contributed by atoms with Crippen molar-refractivity contribution in [1.82, 2.24) is 20.3 Å². The number of aryl methyl sites for hydroxylation is 2. The van der Waals surface area contributed by atoms with Gasteiger partial charge in [0.05, 0.1) is 16.8 Å². The van der Waals surface area contributed by atoms with E-state index in [1.54, 1.807) is 25.4 Å². The van der Waals surface area contributed by atoms with Crippen molar-refractivity contribution in [2.45, 2.75) is 20.4 Å². The lowest BCUT2D eigenvalue weighted by Crippen LogP contribution is -2.05. The summed E-state index contributed by atoms with van der Waals surface area (Å²) in [7, 11) is 1.80. The van der Waals surface area contributed by atoms with Gasteiger partial charge in [0.2, 0.25) is 0 Å². The molecule has 1 aromatic heterocycles. The van der Waals surface area contributed by atoms with Crippen LogP contribution in [0.25, 0.3) is 5.69 Å². The fourth-order valence-electron chi connectivity index (χ4n) is 1.79. The van der Waals surface area contributed by atoms with Gasteiger partial charge in [0.1, 0.15) is 5.69 Å². The third kappa shape index (κ3) is 2.60. The molecule has 0 saturated carbocycles. The van der Waals surface area contributed by atoms with Gasteiger partial charge in [-0.25, -0.2) is 4.68 Å². The summed E-state index contributed by atoms with van der Waals surface area (Å²) >= 11 is 0. The lowest BCUT2D eigenvalue weighted by molar-refractivity contribution is -0.384. The number of hydrogen-bond donors (Lipinski definition) is 1. The van der Waals surface area contributed by atoms with Crippen molar-refractivity contribution in [1.29, 1.82) is 0 Å². The predicted octanol–water partition coefficient (Wildman–Crippen LogP) is 1.51. The molecule has 1 heterocycles. The highest BCUT2D eigenvalue weighted by molar-refractivity contribution is 5.56. The van der Waals surface area contributed by atoms with E-state index in [0.717, 1.165) is 16.8 Å². The number of hydrogen-bond acceptors (Lipinski definition) is 5. The first-order valence-corrected chi connectivity index (χ1v) is 5.84. The minimum absolute atomic E-state index is 0.0315. The van der Waals surface area contributed by atoms with Gasteiger partial charge in [-0.3, -0.25) is 10.1 Å².